The van der Waals surface area contributed by atoms with Crippen LogP contribution in [0.3, 0.4) is 0 Å². The molecule has 0 radical (unpaired) electrons. The second-order valence-corrected chi connectivity index (χ2v) is 7.60. The van der Waals surface area contributed by atoms with Crippen LogP contribution in [0.25, 0.3) is 0 Å². The molecule has 1 aliphatic rings. The van der Waals surface area contributed by atoms with Gasteiger partial charge in [0, 0.05) is 23.7 Å². The summed E-state index contributed by atoms with van der Waals surface area (Å²) in [5.41, 5.74) is 0.887. The van der Waals surface area contributed by atoms with Crippen molar-refractivity contribution in [3.8, 4) is 5.75 Å². The van der Waals surface area contributed by atoms with Gasteiger partial charge in [0.15, 0.2) is 5.75 Å². The molecular weight excluding hydrogens is 384 g/mol. The summed E-state index contributed by atoms with van der Waals surface area (Å²) < 4.78 is 10.7. The quantitative estimate of drug-likeness (QED) is 0.415. The highest BCUT2D eigenvalue weighted by atomic mass is 32.2. The Kier molecular flexibility index (Phi) is 6.50. The minimum absolute atomic E-state index is 0.0883. The maximum absolute atomic E-state index is 12.3. The van der Waals surface area contributed by atoms with E-state index in [1.54, 1.807) is 6.92 Å². The number of nitro benzene ring substituents is 1. The molecule has 150 valence electrons. The Morgan fingerprint density at radius 2 is 2.11 bits per heavy atom. The molecule has 1 saturated carbocycles. The Hall–Kier alpha value is -2.62. The van der Waals surface area contributed by atoms with Crippen molar-refractivity contribution in [2.45, 2.75) is 50.2 Å². The molecule has 1 heterocycles. The van der Waals surface area contributed by atoms with Gasteiger partial charge in [-0.05, 0) is 25.3 Å². The maximum atomic E-state index is 12.3. The third-order valence-corrected chi connectivity index (χ3v) is 5.52. The number of benzene rings is 1. The van der Waals surface area contributed by atoms with Crippen LogP contribution in [0.1, 0.15) is 49.5 Å². The molecule has 0 spiro atoms. The highest BCUT2D eigenvalue weighted by Crippen LogP contribution is 2.34. The molecule has 9 nitrogen and oxygen atoms in total. The SMILES string of the molecule is COc1cc(NC(=O)CSc2nnc(C3CCCCC3)o2)c(C)cc1[N+](=O)[O-]. The summed E-state index contributed by atoms with van der Waals surface area (Å²) in [7, 11) is 1.35. The third kappa shape index (κ3) is 4.80. The number of nitrogens with zero attached hydrogens (tertiary/aromatic N) is 3. The summed E-state index contributed by atoms with van der Waals surface area (Å²) in [6, 6.07) is 2.82. The lowest BCUT2D eigenvalue weighted by molar-refractivity contribution is -0.385. The highest BCUT2D eigenvalue weighted by Gasteiger charge is 2.22. The number of hydrogen-bond acceptors (Lipinski definition) is 8. The Morgan fingerprint density at radius 1 is 1.36 bits per heavy atom. The minimum Gasteiger partial charge on any atom is -0.490 e. The average Bonchev–Trinajstić information content (AvgIpc) is 3.17. The van der Waals surface area contributed by atoms with E-state index in [2.05, 4.69) is 15.5 Å². The first-order valence-corrected chi connectivity index (χ1v) is 10.1. The van der Waals surface area contributed by atoms with E-state index < -0.39 is 4.92 Å². The standard InChI is InChI=1S/C18H22N4O5S/c1-11-8-14(22(24)25)15(26-2)9-13(11)19-16(23)10-28-18-21-20-17(27-18)12-6-4-3-5-7-12/h8-9,12H,3-7,10H2,1-2H3,(H,19,23). The largest absolute Gasteiger partial charge is 0.490 e. The lowest BCUT2D eigenvalue weighted by Gasteiger charge is -2.17. The van der Waals surface area contributed by atoms with E-state index in [0.29, 0.717) is 28.3 Å². The number of rotatable bonds is 7. The number of aryl methyl sites for hydroxylation is 1. The van der Waals surface area contributed by atoms with E-state index in [0.717, 1.165) is 24.6 Å². The first-order valence-electron chi connectivity index (χ1n) is 9.07. The summed E-state index contributed by atoms with van der Waals surface area (Å²) in [6.45, 7) is 1.68. The monoisotopic (exact) mass is 406 g/mol. The van der Waals surface area contributed by atoms with Crippen molar-refractivity contribution in [1.29, 1.82) is 0 Å². The number of nitro groups is 1. The molecule has 1 N–H and O–H groups in total. The topological polar surface area (TPSA) is 120 Å². The van der Waals surface area contributed by atoms with Crippen LogP contribution in [0.5, 0.6) is 5.75 Å². The van der Waals surface area contributed by atoms with Crippen molar-refractivity contribution < 1.29 is 18.9 Å². The van der Waals surface area contributed by atoms with Crippen LogP contribution in [0.15, 0.2) is 21.8 Å². The Morgan fingerprint density at radius 3 is 2.79 bits per heavy atom. The maximum Gasteiger partial charge on any atom is 0.311 e. The summed E-state index contributed by atoms with van der Waals surface area (Å²) in [5.74, 6) is 0.873. The number of thioether (sulfide) groups is 1. The first kappa shape index (κ1) is 20.1. The number of carbonyl (C=O) groups is 1. The van der Waals surface area contributed by atoms with E-state index in [1.165, 1.54) is 38.5 Å². The van der Waals surface area contributed by atoms with E-state index in [1.807, 2.05) is 0 Å². The third-order valence-electron chi connectivity index (χ3n) is 4.70. The fourth-order valence-electron chi connectivity index (χ4n) is 3.22. The number of nitrogens with one attached hydrogen (secondary N) is 1. The van der Waals surface area contributed by atoms with Crippen LogP contribution < -0.4 is 10.1 Å². The summed E-state index contributed by atoms with van der Waals surface area (Å²) in [4.78, 5) is 22.8. The number of aromatic nitrogens is 2. The smallest absolute Gasteiger partial charge is 0.311 e. The summed E-state index contributed by atoms with van der Waals surface area (Å²) in [6.07, 6.45) is 5.73. The molecule has 0 saturated heterocycles. The molecule has 0 atom stereocenters. The lowest BCUT2D eigenvalue weighted by Crippen LogP contribution is -2.15. The van der Waals surface area contributed by atoms with Crippen LogP contribution in [0.2, 0.25) is 0 Å². The minimum atomic E-state index is -0.521. The normalized spacial score (nSPS) is 14.6. The van der Waals surface area contributed by atoms with Crippen LogP contribution >= 0.6 is 11.8 Å². The fraction of sp³-hybridized carbons (Fsp3) is 0.500. The fourth-order valence-corrected chi connectivity index (χ4v) is 3.79. The van der Waals surface area contributed by atoms with Gasteiger partial charge in [-0.25, -0.2) is 0 Å². The van der Waals surface area contributed by atoms with Gasteiger partial charge in [-0.3, -0.25) is 14.9 Å². The number of amides is 1. The summed E-state index contributed by atoms with van der Waals surface area (Å²) >= 11 is 1.16. The molecule has 1 fully saturated rings. The number of hydrogen-bond donors (Lipinski definition) is 1. The van der Waals surface area contributed by atoms with Gasteiger partial charge in [0.1, 0.15) is 0 Å². The molecule has 1 aromatic carbocycles. The molecule has 0 bridgehead atoms. The van der Waals surface area contributed by atoms with E-state index >= 15 is 0 Å². The van der Waals surface area contributed by atoms with Crippen molar-refractivity contribution in [2.75, 3.05) is 18.2 Å². The van der Waals surface area contributed by atoms with Gasteiger partial charge in [0.2, 0.25) is 11.8 Å². The van der Waals surface area contributed by atoms with E-state index in [9.17, 15) is 14.9 Å². The zero-order valence-electron chi connectivity index (χ0n) is 15.8. The van der Waals surface area contributed by atoms with Gasteiger partial charge in [-0.1, -0.05) is 31.0 Å². The predicted octanol–water partition coefficient (Wildman–Crippen LogP) is 4.07. The van der Waals surface area contributed by atoms with Gasteiger partial charge in [0.05, 0.1) is 17.8 Å². The zero-order chi connectivity index (χ0) is 20.1. The number of ether oxygens (including phenoxy) is 1. The Bertz CT molecular complexity index is 864. The molecule has 0 unspecified atom stereocenters. The van der Waals surface area contributed by atoms with Crippen LogP contribution in [-0.4, -0.2) is 33.9 Å². The first-order chi connectivity index (χ1) is 13.5. The second-order valence-electron chi connectivity index (χ2n) is 6.67. The van der Waals surface area contributed by atoms with Gasteiger partial charge in [0.25, 0.3) is 5.22 Å². The molecule has 1 aliphatic carbocycles. The molecule has 28 heavy (non-hydrogen) atoms. The van der Waals surface area contributed by atoms with Crippen molar-refractivity contribution in [3.63, 3.8) is 0 Å². The van der Waals surface area contributed by atoms with Gasteiger partial charge < -0.3 is 14.5 Å². The molecule has 1 amide bonds. The van der Waals surface area contributed by atoms with Crippen LogP contribution in [0.4, 0.5) is 11.4 Å². The molecule has 3 rings (SSSR count). The van der Waals surface area contributed by atoms with E-state index in [-0.39, 0.29) is 23.1 Å². The van der Waals surface area contributed by atoms with Crippen molar-refractivity contribution >= 4 is 29.0 Å². The van der Waals surface area contributed by atoms with Crippen molar-refractivity contribution in [1.82, 2.24) is 10.2 Å². The van der Waals surface area contributed by atoms with Gasteiger partial charge in [-0.2, -0.15) is 0 Å². The van der Waals surface area contributed by atoms with Gasteiger partial charge in [-0.15, -0.1) is 10.2 Å². The van der Waals surface area contributed by atoms with Crippen molar-refractivity contribution in [3.05, 3.63) is 33.7 Å². The Labute approximate surface area is 166 Å². The molecule has 10 heteroatoms. The van der Waals surface area contributed by atoms with Gasteiger partial charge >= 0.3 is 5.69 Å². The van der Waals surface area contributed by atoms with Crippen LogP contribution in [0, 0.1) is 17.0 Å². The molecule has 0 aliphatic heterocycles. The molecule has 1 aromatic heterocycles. The Balaban J connectivity index is 1.59. The lowest BCUT2D eigenvalue weighted by atomic mass is 9.89. The van der Waals surface area contributed by atoms with Crippen LogP contribution in [-0.2, 0) is 4.79 Å². The molecular formula is C18H22N4O5S. The highest BCUT2D eigenvalue weighted by molar-refractivity contribution is 7.99. The van der Waals surface area contributed by atoms with E-state index in [4.69, 9.17) is 9.15 Å². The number of anilines is 1. The average molecular weight is 406 g/mol. The molecule has 2 aromatic rings. The second kappa shape index (κ2) is 9.05. The number of carbonyl (C=O) groups excluding carboxylic acids is 1. The zero-order valence-corrected chi connectivity index (χ0v) is 16.6. The van der Waals surface area contributed by atoms with Crippen molar-refractivity contribution in [2.24, 2.45) is 0 Å². The number of methoxy groups -OCH3 is 1. The summed E-state index contributed by atoms with van der Waals surface area (Å²) in [5, 5.41) is 22.3. The predicted molar refractivity (Wildman–Crippen MR) is 104 cm³/mol.